The van der Waals surface area contributed by atoms with Gasteiger partial charge < -0.3 is 10.2 Å². The minimum Gasteiger partial charge on any atom is -0.371 e. The Labute approximate surface area is 131 Å². The molecule has 0 atom stereocenters. The van der Waals surface area contributed by atoms with E-state index in [1.165, 1.54) is 12.8 Å². The van der Waals surface area contributed by atoms with E-state index < -0.39 is 0 Å². The van der Waals surface area contributed by atoms with Gasteiger partial charge in [0.25, 0.3) is 5.91 Å². The first kappa shape index (κ1) is 14.6. The maximum Gasteiger partial charge on any atom is 0.274 e. The van der Waals surface area contributed by atoms with Crippen molar-refractivity contribution in [1.82, 2.24) is 4.98 Å². The van der Waals surface area contributed by atoms with E-state index in [1.807, 2.05) is 38.1 Å². The van der Waals surface area contributed by atoms with Gasteiger partial charge in [0.2, 0.25) is 0 Å². The quantitative estimate of drug-likeness (QED) is 0.942. The summed E-state index contributed by atoms with van der Waals surface area (Å²) in [5, 5.41) is 2.94. The molecule has 0 bridgehead atoms. The number of amides is 1. The molecule has 1 N–H and O–H groups in total. The van der Waals surface area contributed by atoms with Crippen LogP contribution in [-0.4, -0.2) is 24.0 Å². The molecule has 1 saturated heterocycles. The summed E-state index contributed by atoms with van der Waals surface area (Å²) in [4.78, 5) is 18.9. The smallest absolute Gasteiger partial charge is 0.274 e. The number of carbonyl (C=O) groups excluding carboxylic acids is 1. The Morgan fingerprint density at radius 1 is 1.09 bits per heavy atom. The highest BCUT2D eigenvalue weighted by molar-refractivity contribution is 6.03. The third-order valence-electron chi connectivity index (χ3n) is 3.93. The van der Waals surface area contributed by atoms with Crippen molar-refractivity contribution in [2.45, 2.75) is 26.7 Å². The number of hydrogen-bond acceptors (Lipinski definition) is 3. The average molecular weight is 295 g/mol. The summed E-state index contributed by atoms with van der Waals surface area (Å²) in [5.41, 5.74) is 4.63. The van der Waals surface area contributed by atoms with Crippen LogP contribution in [0.25, 0.3) is 0 Å². The molecule has 0 spiro atoms. The van der Waals surface area contributed by atoms with Crippen LogP contribution in [0.4, 0.5) is 11.4 Å². The molecule has 0 aliphatic carbocycles. The molecular formula is C18H21N3O. The van der Waals surface area contributed by atoms with Crippen LogP contribution in [0.5, 0.6) is 0 Å². The minimum absolute atomic E-state index is 0.161. The molecule has 1 amide bonds. The Morgan fingerprint density at radius 2 is 1.77 bits per heavy atom. The molecule has 114 valence electrons. The van der Waals surface area contributed by atoms with Crippen molar-refractivity contribution in [2.75, 3.05) is 23.3 Å². The first-order valence-corrected chi connectivity index (χ1v) is 7.72. The largest absolute Gasteiger partial charge is 0.371 e. The van der Waals surface area contributed by atoms with Gasteiger partial charge in [-0.05, 0) is 62.1 Å². The van der Waals surface area contributed by atoms with Crippen molar-refractivity contribution in [3.8, 4) is 0 Å². The molecule has 4 nitrogen and oxygen atoms in total. The fraction of sp³-hybridized carbons (Fsp3) is 0.333. The van der Waals surface area contributed by atoms with Crippen LogP contribution in [0, 0.1) is 13.8 Å². The minimum atomic E-state index is -0.161. The lowest BCUT2D eigenvalue weighted by Gasteiger charge is -2.17. The van der Waals surface area contributed by atoms with Crippen LogP contribution < -0.4 is 10.2 Å². The van der Waals surface area contributed by atoms with Gasteiger partial charge >= 0.3 is 0 Å². The summed E-state index contributed by atoms with van der Waals surface area (Å²) < 4.78 is 0. The molecule has 2 aromatic rings. The SMILES string of the molecule is Cc1cc(C)cc(NC(=O)c2cc(N3CCCC3)ccn2)c1. The third kappa shape index (κ3) is 3.27. The summed E-state index contributed by atoms with van der Waals surface area (Å²) >= 11 is 0. The Kier molecular flexibility index (Phi) is 4.09. The molecule has 0 unspecified atom stereocenters. The van der Waals surface area contributed by atoms with Crippen LogP contribution in [-0.2, 0) is 0 Å². The van der Waals surface area contributed by atoms with Gasteiger partial charge in [0.1, 0.15) is 5.69 Å². The topological polar surface area (TPSA) is 45.2 Å². The summed E-state index contributed by atoms with van der Waals surface area (Å²) in [6, 6.07) is 9.87. The van der Waals surface area contributed by atoms with E-state index in [4.69, 9.17) is 0 Å². The second kappa shape index (κ2) is 6.18. The fourth-order valence-corrected chi connectivity index (χ4v) is 2.96. The third-order valence-corrected chi connectivity index (χ3v) is 3.93. The lowest BCUT2D eigenvalue weighted by Crippen LogP contribution is -2.19. The number of aryl methyl sites for hydroxylation is 2. The van der Waals surface area contributed by atoms with E-state index >= 15 is 0 Å². The van der Waals surface area contributed by atoms with Crippen LogP contribution in [0.15, 0.2) is 36.5 Å². The van der Waals surface area contributed by atoms with Gasteiger partial charge in [0, 0.05) is 30.7 Å². The molecule has 1 fully saturated rings. The first-order chi connectivity index (χ1) is 10.6. The molecule has 2 heterocycles. The Hall–Kier alpha value is -2.36. The average Bonchev–Trinajstić information content (AvgIpc) is 3.00. The van der Waals surface area contributed by atoms with Crippen molar-refractivity contribution in [3.63, 3.8) is 0 Å². The first-order valence-electron chi connectivity index (χ1n) is 7.72. The van der Waals surface area contributed by atoms with Crippen molar-refractivity contribution >= 4 is 17.3 Å². The molecule has 3 rings (SSSR count). The van der Waals surface area contributed by atoms with E-state index in [1.54, 1.807) is 6.20 Å². The van der Waals surface area contributed by atoms with Crippen LogP contribution in [0.1, 0.15) is 34.5 Å². The number of carbonyl (C=O) groups is 1. The van der Waals surface area contributed by atoms with Crippen molar-refractivity contribution in [2.24, 2.45) is 0 Å². The lowest BCUT2D eigenvalue weighted by atomic mass is 10.1. The molecular weight excluding hydrogens is 274 g/mol. The number of nitrogens with zero attached hydrogens (tertiary/aromatic N) is 2. The van der Waals surface area contributed by atoms with Gasteiger partial charge in [0.15, 0.2) is 0 Å². The fourth-order valence-electron chi connectivity index (χ4n) is 2.96. The van der Waals surface area contributed by atoms with Crippen molar-refractivity contribution in [3.05, 3.63) is 53.3 Å². The maximum absolute atomic E-state index is 12.4. The molecule has 4 heteroatoms. The standard InChI is InChI=1S/C18H21N3O/c1-13-9-14(2)11-15(10-13)20-18(22)17-12-16(5-6-19-17)21-7-3-4-8-21/h5-6,9-12H,3-4,7-8H2,1-2H3,(H,20,22). The highest BCUT2D eigenvalue weighted by Gasteiger charge is 2.15. The highest BCUT2D eigenvalue weighted by Crippen LogP contribution is 2.21. The number of rotatable bonds is 3. The second-order valence-electron chi connectivity index (χ2n) is 5.92. The van der Waals surface area contributed by atoms with Gasteiger partial charge in [-0.25, -0.2) is 0 Å². The van der Waals surface area contributed by atoms with Gasteiger partial charge in [-0.1, -0.05) is 6.07 Å². The summed E-state index contributed by atoms with van der Waals surface area (Å²) in [6.07, 6.45) is 4.14. The van der Waals surface area contributed by atoms with E-state index in [0.717, 1.165) is 35.6 Å². The van der Waals surface area contributed by atoms with Gasteiger partial charge in [-0.3, -0.25) is 9.78 Å². The lowest BCUT2D eigenvalue weighted by molar-refractivity contribution is 0.102. The monoisotopic (exact) mass is 295 g/mol. The van der Waals surface area contributed by atoms with Gasteiger partial charge in [-0.2, -0.15) is 0 Å². The Balaban J connectivity index is 1.78. The summed E-state index contributed by atoms with van der Waals surface area (Å²) in [5.74, 6) is -0.161. The zero-order valence-electron chi connectivity index (χ0n) is 13.1. The number of benzene rings is 1. The molecule has 1 aromatic heterocycles. The Bertz CT molecular complexity index is 670. The molecule has 1 aliphatic rings. The van der Waals surface area contributed by atoms with E-state index in [2.05, 4.69) is 21.3 Å². The van der Waals surface area contributed by atoms with Crippen LogP contribution in [0.3, 0.4) is 0 Å². The van der Waals surface area contributed by atoms with Crippen LogP contribution in [0.2, 0.25) is 0 Å². The molecule has 1 aromatic carbocycles. The normalized spacial score (nSPS) is 14.2. The summed E-state index contributed by atoms with van der Waals surface area (Å²) in [7, 11) is 0. The Morgan fingerprint density at radius 3 is 2.45 bits per heavy atom. The molecule has 22 heavy (non-hydrogen) atoms. The van der Waals surface area contributed by atoms with Crippen molar-refractivity contribution < 1.29 is 4.79 Å². The molecule has 0 radical (unpaired) electrons. The summed E-state index contributed by atoms with van der Waals surface area (Å²) in [6.45, 7) is 6.16. The maximum atomic E-state index is 12.4. The second-order valence-corrected chi connectivity index (χ2v) is 5.92. The molecule has 0 saturated carbocycles. The number of aromatic nitrogens is 1. The van der Waals surface area contributed by atoms with Crippen LogP contribution >= 0.6 is 0 Å². The zero-order valence-corrected chi connectivity index (χ0v) is 13.1. The number of hydrogen-bond donors (Lipinski definition) is 1. The van der Waals surface area contributed by atoms with Gasteiger partial charge in [0.05, 0.1) is 0 Å². The molecule has 1 aliphatic heterocycles. The van der Waals surface area contributed by atoms with Gasteiger partial charge in [-0.15, -0.1) is 0 Å². The van der Waals surface area contributed by atoms with E-state index in [0.29, 0.717) is 5.69 Å². The predicted octanol–water partition coefficient (Wildman–Crippen LogP) is 3.55. The number of pyridine rings is 1. The van der Waals surface area contributed by atoms with E-state index in [9.17, 15) is 4.79 Å². The number of anilines is 2. The van der Waals surface area contributed by atoms with E-state index in [-0.39, 0.29) is 5.91 Å². The van der Waals surface area contributed by atoms with Crippen molar-refractivity contribution in [1.29, 1.82) is 0 Å². The predicted molar refractivity (Wildman–Crippen MR) is 89.6 cm³/mol. The number of nitrogens with one attached hydrogen (secondary N) is 1. The zero-order chi connectivity index (χ0) is 15.5. The highest BCUT2D eigenvalue weighted by atomic mass is 16.1.